The Kier molecular flexibility index (Phi) is 5.37. The summed E-state index contributed by atoms with van der Waals surface area (Å²) < 4.78 is 6.08. The average molecular weight is 400 g/mol. The molecule has 3 aromatic rings. The molecule has 0 aliphatic heterocycles. The monoisotopic (exact) mass is 399 g/mol. The maximum absolute atomic E-state index is 12.7. The Labute approximate surface area is 169 Å². The van der Waals surface area contributed by atoms with Crippen LogP contribution in [0.3, 0.4) is 0 Å². The van der Waals surface area contributed by atoms with Gasteiger partial charge in [0.25, 0.3) is 0 Å². The number of ether oxygens (including phenoxy) is 1. The number of aromatic nitrogens is 1. The minimum absolute atomic E-state index is 0.209. The number of rotatable bonds is 4. The summed E-state index contributed by atoms with van der Waals surface area (Å²) in [5.74, 6) is -0.209. The zero-order valence-corrected chi connectivity index (χ0v) is 18.3. The van der Waals surface area contributed by atoms with E-state index in [1.54, 1.807) is 23.1 Å². The van der Waals surface area contributed by atoms with Crippen molar-refractivity contribution in [1.82, 2.24) is 4.98 Å². The first-order valence-electron chi connectivity index (χ1n) is 8.92. The SMILES string of the molecule is Cc1ccc(-c2c(SC(C)(C)C(=O)OC(C)(C)C)ccc3ncsc23)cc1. The molecule has 3 nitrogen and oxygen atoms in total. The van der Waals surface area contributed by atoms with Crippen molar-refractivity contribution in [2.45, 2.75) is 56.8 Å². The van der Waals surface area contributed by atoms with Crippen molar-refractivity contribution in [3.05, 3.63) is 47.5 Å². The number of fused-ring (bicyclic) bond motifs is 1. The third-order valence-electron chi connectivity index (χ3n) is 4.06. The smallest absolute Gasteiger partial charge is 0.322 e. The van der Waals surface area contributed by atoms with Crippen LogP contribution in [0.2, 0.25) is 0 Å². The number of benzene rings is 2. The molecule has 0 N–H and O–H groups in total. The van der Waals surface area contributed by atoms with Crippen LogP contribution in [0.25, 0.3) is 21.3 Å². The number of nitrogens with zero attached hydrogens (tertiary/aromatic N) is 1. The highest BCUT2D eigenvalue weighted by atomic mass is 32.2. The van der Waals surface area contributed by atoms with Crippen LogP contribution >= 0.6 is 23.1 Å². The number of carbonyl (C=O) groups is 1. The second kappa shape index (κ2) is 7.28. The largest absolute Gasteiger partial charge is 0.459 e. The predicted molar refractivity (Wildman–Crippen MR) is 116 cm³/mol. The number of thiazole rings is 1. The summed E-state index contributed by atoms with van der Waals surface area (Å²) in [5.41, 5.74) is 5.84. The van der Waals surface area contributed by atoms with Gasteiger partial charge in [-0.1, -0.05) is 29.8 Å². The fourth-order valence-electron chi connectivity index (χ4n) is 2.71. The van der Waals surface area contributed by atoms with Crippen LogP contribution in [-0.2, 0) is 9.53 Å². The average Bonchev–Trinajstić information content (AvgIpc) is 3.02. The van der Waals surface area contributed by atoms with Gasteiger partial charge in [-0.2, -0.15) is 0 Å². The van der Waals surface area contributed by atoms with Crippen LogP contribution in [0, 0.1) is 6.92 Å². The molecule has 1 aromatic heterocycles. The van der Waals surface area contributed by atoms with Gasteiger partial charge in [0.15, 0.2) is 0 Å². The number of esters is 1. The number of thioether (sulfide) groups is 1. The molecule has 0 fully saturated rings. The highest BCUT2D eigenvalue weighted by Crippen LogP contribution is 2.44. The normalized spacial score (nSPS) is 12.4. The van der Waals surface area contributed by atoms with E-state index in [4.69, 9.17) is 4.74 Å². The Morgan fingerprint density at radius 2 is 1.70 bits per heavy atom. The third kappa shape index (κ3) is 4.53. The van der Waals surface area contributed by atoms with Gasteiger partial charge >= 0.3 is 5.97 Å². The van der Waals surface area contributed by atoms with E-state index in [0.717, 1.165) is 26.2 Å². The summed E-state index contributed by atoms with van der Waals surface area (Å²) in [4.78, 5) is 18.3. The zero-order chi connectivity index (χ0) is 19.8. The van der Waals surface area contributed by atoms with E-state index in [9.17, 15) is 4.79 Å². The van der Waals surface area contributed by atoms with Crippen molar-refractivity contribution < 1.29 is 9.53 Å². The van der Waals surface area contributed by atoms with Gasteiger partial charge in [0.2, 0.25) is 0 Å². The molecule has 0 aliphatic carbocycles. The molecule has 0 bridgehead atoms. The molecular weight excluding hydrogens is 374 g/mol. The van der Waals surface area contributed by atoms with Crippen LogP contribution in [0.4, 0.5) is 0 Å². The lowest BCUT2D eigenvalue weighted by molar-refractivity contribution is -0.156. The highest BCUT2D eigenvalue weighted by molar-refractivity contribution is 8.01. The van der Waals surface area contributed by atoms with Crippen LogP contribution in [-0.4, -0.2) is 21.3 Å². The van der Waals surface area contributed by atoms with Gasteiger partial charge < -0.3 is 4.74 Å². The molecule has 0 unspecified atom stereocenters. The lowest BCUT2D eigenvalue weighted by Gasteiger charge is -2.28. The maximum Gasteiger partial charge on any atom is 0.322 e. The first-order chi connectivity index (χ1) is 12.6. The topological polar surface area (TPSA) is 39.2 Å². The van der Waals surface area contributed by atoms with Gasteiger partial charge in [-0.05, 0) is 59.2 Å². The first-order valence-corrected chi connectivity index (χ1v) is 10.6. The molecule has 142 valence electrons. The van der Waals surface area contributed by atoms with Gasteiger partial charge in [0.1, 0.15) is 10.3 Å². The van der Waals surface area contributed by atoms with Gasteiger partial charge in [-0.15, -0.1) is 23.1 Å². The highest BCUT2D eigenvalue weighted by Gasteiger charge is 2.34. The van der Waals surface area contributed by atoms with Crippen molar-refractivity contribution in [2.24, 2.45) is 0 Å². The number of hydrogen-bond donors (Lipinski definition) is 0. The molecular formula is C22H25NO2S2. The van der Waals surface area contributed by atoms with Crippen LogP contribution < -0.4 is 0 Å². The van der Waals surface area contributed by atoms with Gasteiger partial charge in [0.05, 0.1) is 15.7 Å². The van der Waals surface area contributed by atoms with E-state index in [1.165, 1.54) is 5.56 Å². The molecule has 0 aliphatic rings. The first kappa shape index (κ1) is 19.9. The Morgan fingerprint density at radius 1 is 1.04 bits per heavy atom. The van der Waals surface area contributed by atoms with E-state index in [1.807, 2.05) is 46.2 Å². The molecule has 0 atom stereocenters. The summed E-state index contributed by atoms with van der Waals surface area (Å²) in [6, 6.07) is 12.6. The molecule has 1 heterocycles. The lowest BCUT2D eigenvalue weighted by atomic mass is 10.0. The molecule has 3 rings (SSSR count). The third-order valence-corrected chi connectivity index (χ3v) is 6.15. The van der Waals surface area contributed by atoms with Crippen LogP contribution in [0.5, 0.6) is 0 Å². The summed E-state index contributed by atoms with van der Waals surface area (Å²) >= 11 is 3.17. The van der Waals surface area contributed by atoms with Crippen LogP contribution in [0.15, 0.2) is 46.8 Å². The quantitative estimate of drug-likeness (QED) is 0.371. The molecule has 27 heavy (non-hydrogen) atoms. The minimum Gasteiger partial charge on any atom is -0.459 e. The maximum atomic E-state index is 12.7. The van der Waals surface area contributed by atoms with Gasteiger partial charge in [-0.25, -0.2) is 4.98 Å². The van der Waals surface area contributed by atoms with Crippen LogP contribution in [0.1, 0.15) is 40.2 Å². The summed E-state index contributed by atoms with van der Waals surface area (Å²) in [7, 11) is 0. The number of aryl methyl sites for hydroxylation is 1. The fourth-order valence-corrected chi connectivity index (χ4v) is 4.76. The lowest BCUT2D eigenvalue weighted by Crippen LogP contribution is -2.36. The van der Waals surface area contributed by atoms with Crippen molar-refractivity contribution in [3.8, 4) is 11.1 Å². The minimum atomic E-state index is -0.703. The molecule has 2 aromatic carbocycles. The fraction of sp³-hybridized carbons (Fsp3) is 0.364. The predicted octanol–water partition coefficient (Wildman–Crippen LogP) is 6.48. The molecule has 5 heteroatoms. The van der Waals surface area contributed by atoms with E-state index < -0.39 is 10.3 Å². The molecule has 0 radical (unpaired) electrons. The molecule has 0 amide bonds. The Bertz CT molecular complexity index is 966. The van der Waals surface area contributed by atoms with Gasteiger partial charge in [-0.3, -0.25) is 4.79 Å². The van der Waals surface area contributed by atoms with Crippen molar-refractivity contribution in [2.75, 3.05) is 0 Å². The molecule has 0 saturated heterocycles. The molecule has 0 spiro atoms. The summed E-state index contributed by atoms with van der Waals surface area (Å²) in [6.45, 7) is 11.6. The Hall–Kier alpha value is -1.85. The van der Waals surface area contributed by atoms with Gasteiger partial charge in [0, 0.05) is 10.5 Å². The second-order valence-corrected chi connectivity index (χ2v) is 10.6. The number of hydrogen-bond acceptors (Lipinski definition) is 5. The number of carbonyl (C=O) groups excluding carboxylic acids is 1. The van der Waals surface area contributed by atoms with Crippen molar-refractivity contribution in [3.63, 3.8) is 0 Å². The van der Waals surface area contributed by atoms with E-state index in [-0.39, 0.29) is 5.97 Å². The van der Waals surface area contributed by atoms with E-state index in [0.29, 0.717) is 0 Å². The Morgan fingerprint density at radius 3 is 2.33 bits per heavy atom. The Balaban J connectivity index is 2.05. The van der Waals surface area contributed by atoms with E-state index in [2.05, 4.69) is 42.2 Å². The summed E-state index contributed by atoms with van der Waals surface area (Å²) in [6.07, 6.45) is 0. The van der Waals surface area contributed by atoms with E-state index >= 15 is 0 Å². The molecule has 0 saturated carbocycles. The zero-order valence-electron chi connectivity index (χ0n) is 16.6. The summed E-state index contributed by atoms with van der Waals surface area (Å²) in [5, 5.41) is 0. The van der Waals surface area contributed by atoms with Crippen molar-refractivity contribution in [1.29, 1.82) is 0 Å². The second-order valence-electron chi connectivity index (χ2n) is 8.12. The standard InChI is InChI=1S/C22H25NO2S2/c1-14-7-9-15(10-8-14)18-17(12-11-16-19(18)26-13-23-16)27-22(5,6)20(24)25-21(2,3)4/h7-13H,1-6H3. The van der Waals surface area contributed by atoms with Crippen molar-refractivity contribution >= 4 is 39.3 Å².